The molecule has 0 saturated carbocycles. The van der Waals surface area contributed by atoms with E-state index in [-0.39, 0.29) is 23.7 Å². The lowest BCUT2D eigenvalue weighted by Gasteiger charge is -2.11. The standard InChI is InChI=1S/C19H18N4O4/c1-2-10-20-17(24)12-22-19(25)16-9-4-3-8-15(16)18(21-22)13-6-5-7-14(11-13)23(26)27/h3-9,11H,2,10,12H2,1H3,(H,20,24). The third-order valence-corrected chi connectivity index (χ3v) is 4.06. The Morgan fingerprint density at radius 2 is 1.93 bits per heavy atom. The van der Waals surface area contributed by atoms with Crippen LogP contribution in [0.1, 0.15) is 13.3 Å². The van der Waals surface area contributed by atoms with Gasteiger partial charge in [0.05, 0.1) is 16.0 Å². The van der Waals surface area contributed by atoms with Gasteiger partial charge in [-0.2, -0.15) is 5.10 Å². The summed E-state index contributed by atoms with van der Waals surface area (Å²) in [6, 6.07) is 12.9. The molecule has 8 nitrogen and oxygen atoms in total. The van der Waals surface area contributed by atoms with Crippen LogP contribution < -0.4 is 10.9 Å². The van der Waals surface area contributed by atoms with Crippen LogP contribution >= 0.6 is 0 Å². The van der Waals surface area contributed by atoms with E-state index >= 15 is 0 Å². The van der Waals surface area contributed by atoms with Gasteiger partial charge in [-0.25, -0.2) is 4.68 Å². The Morgan fingerprint density at radius 1 is 1.19 bits per heavy atom. The maximum atomic E-state index is 12.7. The third-order valence-electron chi connectivity index (χ3n) is 4.06. The molecule has 1 N–H and O–H groups in total. The van der Waals surface area contributed by atoms with Gasteiger partial charge in [-0.15, -0.1) is 0 Å². The molecule has 0 aliphatic rings. The fraction of sp³-hybridized carbons (Fsp3) is 0.211. The Labute approximate surface area is 154 Å². The maximum absolute atomic E-state index is 12.7. The van der Waals surface area contributed by atoms with Crippen molar-refractivity contribution < 1.29 is 9.72 Å². The van der Waals surface area contributed by atoms with Crippen molar-refractivity contribution in [3.8, 4) is 11.3 Å². The smallest absolute Gasteiger partial charge is 0.275 e. The van der Waals surface area contributed by atoms with Crippen molar-refractivity contribution in [1.82, 2.24) is 15.1 Å². The molecule has 0 bridgehead atoms. The number of rotatable bonds is 6. The summed E-state index contributed by atoms with van der Waals surface area (Å²) in [7, 11) is 0. The minimum atomic E-state index is -0.486. The second-order valence-electron chi connectivity index (χ2n) is 6.01. The first-order chi connectivity index (χ1) is 13.0. The highest BCUT2D eigenvalue weighted by Gasteiger charge is 2.16. The van der Waals surface area contributed by atoms with Crippen molar-refractivity contribution in [2.45, 2.75) is 19.9 Å². The highest BCUT2D eigenvalue weighted by atomic mass is 16.6. The Morgan fingerprint density at radius 3 is 2.63 bits per heavy atom. The number of carbonyl (C=O) groups excluding carboxylic acids is 1. The highest BCUT2D eigenvalue weighted by molar-refractivity contribution is 5.94. The van der Waals surface area contributed by atoms with Gasteiger partial charge in [0.2, 0.25) is 5.91 Å². The Hall–Kier alpha value is -3.55. The molecule has 0 atom stereocenters. The van der Waals surface area contributed by atoms with Gasteiger partial charge in [0.25, 0.3) is 11.2 Å². The van der Waals surface area contributed by atoms with E-state index in [1.807, 2.05) is 6.92 Å². The summed E-state index contributed by atoms with van der Waals surface area (Å²) in [5.74, 6) is -0.313. The van der Waals surface area contributed by atoms with Crippen molar-refractivity contribution >= 4 is 22.4 Å². The normalized spacial score (nSPS) is 10.7. The summed E-state index contributed by atoms with van der Waals surface area (Å²) in [6.07, 6.45) is 0.782. The summed E-state index contributed by atoms with van der Waals surface area (Å²) in [6.45, 7) is 2.23. The van der Waals surface area contributed by atoms with Crippen LogP contribution in [0.15, 0.2) is 53.3 Å². The molecule has 0 aliphatic heterocycles. The van der Waals surface area contributed by atoms with Crippen molar-refractivity contribution in [2.24, 2.45) is 0 Å². The number of non-ortho nitro benzene ring substituents is 1. The predicted molar refractivity (Wildman–Crippen MR) is 101 cm³/mol. The van der Waals surface area contributed by atoms with Crippen molar-refractivity contribution in [3.05, 3.63) is 69.0 Å². The second-order valence-corrected chi connectivity index (χ2v) is 6.01. The van der Waals surface area contributed by atoms with Gasteiger partial charge in [-0.05, 0) is 12.5 Å². The zero-order chi connectivity index (χ0) is 19.4. The highest BCUT2D eigenvalue weighted by Crippen LogP contribution is 2.27. The summed E-state index contributed by atoms with van der Waals surface area (Å²) >= 11 is 0. The molecule has 2 aromatic carbocycles. The first kappa shape index (κ1) is 18.2. The van der Waals surface area contributed by atoms with Gasteiger partial charge in [0.15, 0.2) is 0 Å². The Kier molecular flexibility index (Phi) is 5.25. The minimum Gasteiger partial charge on any atom is -0.355 e. The molecule has 1 amide bonds. The van der Waals surface area contributed by atoms with Crippen molar-refractivity contribution in [1.29, 1.82) is 0 Å². The second kappa shape index (κ2) is 7.77. The number of nitro groups is 1. The van der Waals surface area contributed by atoms with Crippen LogP contribution in [0.5, 0.6) is 0 Å². The quantitative estimate of drug-likeness (QED) is 0.533. The molecule has 0 aliphatic carbocycles. The zero-order valence-corrected chi connectivity index (χ0v) is 14.7. The van der Waals surface area contributed by atoms with Crippen LogP contribution in [0, 0.1) is 10.1 Å². The fourth-order valence-corrected chi connectivity index (χ4v) is 2.78. The number of aromatic nitrogens is 2. The topological polar surface area (TPSA) is 107 Å². The molecular weight excluding hydrogens is 348 g/mol. The van der Waals surface area contributed by atoms with E-state index in [9.17, 15) is 19.7 Å². The zero-order valence-electron chi connectivity index (χ0n) is 14.7. The number of nitrogens with one attached hydrogen (secondary N) is 1. The number of hydrogen-bond donors (Lipinski definition) is 1. The average molecular weight is 366 g/mol. The molecule has 0 radical (unpaired) electrons. The molecule has 8 heteroatoms. The number of nitrogens with zero attached hydrogens (tertiary/aromatic N) is 3. The van der Waals surface area contributed by atoms with Crippen molar-refractivity contribution in [3.63, 3.8) is 0 Å². The van der Waals surface area contributed by atoms with Gasteiger partial charge in [0, 0.05) is 29.6 Å². The molecule has 0 spiro atoms. The lowest BCUT2D eigenvalue weighted by Crippen LogP contribution is -2.34. The molecule has 0 fully saturated rings. The van der Waals surface area contributed by atoms with Crippen LogP contribution in [0.4, 0.5) is 5.69 Å². The van der Waals surface area contributed by atoms with Gasteiger partial charge in [0.1, 0.15) is 6.54 Å². The third kappa shape index (κ3) is 3.84. The van der Waals surface area contributed by atoms with Crippen LogP contribution in [0.3, 0.4) is 0 Å². The Bertz CT molecular complexity index is 1070. The van der Waals surface area contributed by atoms with Gasteiger partial charge in [-0.3, -0.25) is 19.7 Å². The lowest BCUT2D eigenvalue weighted by atomic mass is 10.0. The van der Waals surface area contributed by atoms with Gasteiger partial charge < -0.3 is 5.32 Å². The number of fused-ring (bicyclic) bond motifs is 1. The molecular formula is C19H18N4O4. The fourth-order valence-electron chi connectivity index (χ4n) is 2.78. The van der Waals surface area contributed by atoms with E-state index in [1.165, 1.54) is 12.1 Å². The molecule has 1 heterocycles. The van der Waals surface area contributed by atoms with E-state index < -0.39 is 4.92 Å². The van der Waals surface area contributed by atoms with Crippen LogP contribution in [0.25, 0.3) is 22.0 Å². The van der Waals surface area contributed by atoms with E-state index in [4.69, 9.17) is 0 Å². The lowest BCUT2D eigenvalue weighted by molar-refractivity contribution is -0.384. The first-order valence-corrected chi connectivity index (χ1v) is 8.52. The summed E-state index contributed by atoms with van der Waals surface area (Å²) in [4.78, 5) is 35.4. The minimum absolute atomic E-state index is 0.0724. The molecule has 0 unspecified atom stereocenters. The van der Waals surface area contributed by atoms with Crippen LogP contribution in [0.2, 0.25) is 0 Å². The molecule has 3 aromatic rings. The first-order valence-electron chi connectivity index (χ1n) is 8.52. The average Bonchev–Trinajstić information content (AvgIpc) is 2.68. The number of carbonyl (C=O) groups is 1. The SMILES string of the molecule is CCCNC(=O)Cn1nc(-c2cccc([N+](=O)[O-])c2)c2ccccc2c1=O. The van der Waals surface area contributed by atoms with Crippen molar-refractivity contribution in [2.75, 3.05) is 6.54 Å². The molecule has 0 saturated heterocycles. The van der Waals surface area contributed by atoms with E-state index in [1.54, 1.807) is 36.4 Å². The maximum Gasteiger partial charge on any atom is 0.275 e. The summed E-state index contributed by atoms with van der Waals surface area (Å²) in [5.41, 5.74) is 0.462. The van der Waals surface area contributed by atoms with E-state index in [0.717, 1.165) is 11.1 Å². The number of nitro benzene ring substituents is 1. The van der Waals surface area contributed by atoms with E-state index in [0.29, 0.717) is 28.6 Å². The molecule has 1 aromatic heterocycles. The van der Waals surface area contributed by atoms with E-state index in [2.05, 4.69) is 10.4 Å². The number of benzene rings is 2. The molecule has 138 valence electrons. The Balaban J connectivity index is 2.16. The number of amides is 1. The number of hydrogen-bond acceptors (Lipinski definition) is 5. The van der Waals surface area contributed by atoms with Gasteiger partial charge in [-0.1, -0.05) is 37.3 Å². The predicted octanol–water partition coefficient (Wildman–Crippen LogP) is 2.50. The molecule has 3 rings (SSSR count). The largest absolute Gasteiger partial charge is 0.355 e. The van der Waals surface area contributed by atoms with Gasteiger partial charge >= 0.3 is 0 Å². The molecule has 27 heavy (non-hydrogen) atoms. The van der Waals surface area contributed by atoms with Crippen LogP contribution in [-0.4, -0.2) is 27.2 Å². The summed E-state index contributed by atoms with van der Waals surface area (Å²) in [5, 5.41) is 19.1. The monoisotopic (exact) mass is 366 g/mol. The van der Waals surface area contributed by atoms with Crippen LogP contribution in [-0.2, 0) is 11.3 Å². The summed E-state index contributed by atoms with van der Waals surface area (Å²) < 4.78 is 1.10.